The van der Waals surface area contributed by atoms with Gasteiger partial charge in [0.25, 0.3) is 5.91 Å². The van der Waals surface area contributed by atoms with Gasteiger partial charge < -0.3 is 24.5 Å². The summed E-state index contributed by atoms with van der Waals surface area (Å²) in [5.41, 5.74) is 1.47. The molecule has 138 valence electrons. The average molecular weight is 358 g/mol. The van der Waals surface area contributed by atoms with Gasteiger partial charge in [0.05, 0.1) is 0 Å². The van der Waals surface area contributed by atoms with E-state index in [0.29, 0.717) is 36.1 Å². The molecular weight excluding hydrogens is 336 g/mol. The van der Waals surface area contributed by atoms with Crippen LogP contribution in [0.2, 0.25) is 0 Å². The highest BCUT2D eigenvalue weighted by atomic mass is 16.6. The summed E-state index contributed by atoms with van der Waals surface area (Å²) in [4.78, 5) is 12.6. The Morgan fingerprint density at radius 1 is 1.27 bits per heavy atom. The molecule has 0 radical (unpaired) electrons. The highest BCUT2D eigenvalue weighted by molar-refractivity contribution is 5.96. The van der Waals surface area contributed by atoms with Crippen LogP contribution < -0.4 is 14.8 Å². The van der Waals surface area contributed by atoms with E-state index in [0.717, 1.165) is 24.2 Å². The molecule has 0 saturated heterocycles. The lowest BCUT2D eigenvalue weighted by molar-refractivity contribution is 0.0905. The van der Waals surface area contributed by atoms with Crippen LogP contribution in [0.5, 0.6) is 11.5 Å². The van der Waals surface area contributed by atoms with E-state index in [2.05, 4.69) is 15.5 Å². The number of aliphatic hydroxyl groups is 1. The predicted octanol–water partition coefficient (Wildman–Crippen LogP) is 1.06. The van der Waals surface area contributed by atoms with Crippen LogP contribution in [0, 0.1) is 6.92 Å². The Morgan fingerprint density at radius 2 is 1.96 bits per heavy atom. The maximum absolute atomic E-state index is 12.6. The molecule has 0 bridgehead atoms. The van der Waals surface area contributed by atoms with Crippen LogP contribution in [-0.4, -0.2) is 45.0 Å². The van der Waals surface area contributed by atoms with Crippen LogP contribution >= 0.6 is 0 Å². The number of aliphatic hydroxyl groups excluding tert-OH is 1. The summed E-state index contributed by atoms with van der Waals surface area (Å²) < 4.78 is 12.9. The minimum atomic E-state index is -0.125. The average Bonchev–Trinajstić information content (AvgIpc) is 2.97. The van der Waals surface area contributed by atoms with E-state index in [4.69, 9.17) is 9.47 Å². The predicted molar refractivity (Wildman–Crippen MR) is 92.3 cm³/mol. The molecule has 1 aromatic carbocycles. The zero-order valence-electron chi connectivity index (χ0n) is 14.9. The Kier molecular flexibility index (Phi) is 4.28. The highest BCUT2D eigenvalue weighted by Gasteiger charge is 2.35. The minimum absolute atomic E-state index is 0.100. The number of nitrogens with one attached hydrogen (secondary N) is 1. The monoisotopic (exact) mass is 358 g/mol. The van der Waals surface area contributed by atoms with Crippen molar-refractivity contribution in [2.24, 2.45) is 7.05 Å². The molecule has 0 spiro atoms. The first-order valence-corrected chi connectivity index (χ1v) is 8.77. The third-order valence-corrected chi connectivity index (χ3v) is 5.11. The number of hydrogen-bond acceptors (Lipinski definition) is 6. The molecule has 1 fully saturated rings. The summed E-state index contributed by atoms with van der Waals surface area (Å²) >= 11 is 0. The molecule has 2 aromatic rings. The van der Waals surface area contributed by atoms with E-state index < -0.39 is 0 Å². The molecule has 0 unspecified atom stereocenters. The van der Waals surface area contributed by atoms with E-state index in [1.165, 1.54) is 0 Å². The van der Waals surface area contributed by atoms with Gasteiger partial charge in [0.1, 0.15) is 25.6 Å². The van der Waals surface area contributed by atoms with Gasteiger partial charge >= 0.3 is 0 Å². The van der Waals surface area contributed by atoms with Crippen molar-refractivity contribution in [2.45, 2.75) is 38.3 Å². The van der Waals surface area contributed by atoms with Gasteiger partial charge in [0.2, 0.25) is 0 Å². The van der Waals surface area contributed by atoms with Gasteiger partial charge in [-0.15, -0.1) is 10.2 Å². The smallest absolute Gasteiger partial charge is 0.251 e. The van der Waals surface area contributed by atoms with Gasteiger partial charge in [-0.1, -0.05) is 0 Å². The second-order valence-corrected chi connectivity index (χ2v) is 6.84. The van der Waals surface area contributed by atoms with Crippen molar-refractivity contribution in [3.63, 3.8) is 0 Å². The number of nitrogens with zero attached hydrogens (tertiary/aromatic N) is 3. The van der Waals surface area contributed by atoms with Crippen LogP contribution in [0.1, 0.15) is 46.3 Å². The number of carbonyl (C=O) groups excluding carboxylic acids is 1. The molecule has 8 nitrogen and oxygen atoms in total. The Bertz CT molecular complexity index is 842. The fraction of sp³-hybridized carbons (Fsp3) is 0.500. The summed E-state index contributed by atoms with van der Waals surface area (Å²) in [6.45, 7) is 2.79. The maximum Gasteiger partial charge on any atom is 0.251 e. The molecule has 26 heavy (non-hydrogen) atoms. The molecule has 1 amide bonds. The summed E-state index contributed by atoms with van der Waals surface area (Å²) in [5.74, 6) is 2.87. The Balaban J connectivity index is 1.40. The van der Waals surface area contributed by atoms with Crippen molar-refractivity contribution in [3.8, 4) is 11.5 Å². The van der Waals surface area contributed by atoms with E-state index in [1.807, 2.05) is 24.6 Å². The molecule has 2 aliphatic rings. The topological polar surface area (TPSA) is 98.5 Å². The SMILES string of the molecule is Cc1cc2c(cc1C(=O)NC1CC(c3nnc(CO)n3C)C1)OCCO2. The Morgan fingerprint density at radius 3 is 2.62 bits per heavy atom. The van der Waals surface area contributed by atoms with Gasteiger partial charge in [-0.05, 0) is 37.5 Å². The first-order chi connectivity index (χ1) is 12.6. The van der Waals surface area contributed by atoms with Gasteiger partial charge in [-0.3, -0.25) is 4.79 Å². The lowest BCUT2D eigenvalue weighted by Crippen LogP contribution is -2.44. The summed E-state index contributed by atoms with van der Waals surface area (Å²) in [7, 11) is 1.85. The number of benzene rings is 1. The maximum atomic E-state index is 12.6. The van der Waals surface area contributed by atoms with Crippen molar-refractivity contribution in [3.05, 3.63) is 34.9 Å². The molecule has 1 aromatic heterocycles. The van der Waals surface area contributed by atoms with Crippen molar-refractivity contribution in [2.75, 3.05) is 13.2 Å². The third kappa shape index (κ3) is 2.90. The molecule has 0 atom stereocenters. The fourth-order valence-electron chi connectivity index (χ4n) is 3.51. The standard InChI is InChI=1S/C18H22N4O4/c1-10-5-14-15(26-4-3-25-14)8-13(10)18(24)19-12-6-11(7-12)17-21-20-16(9-23)22(17)2/h5,8,11-12,23H,3-4,6-7,9H2,1-2H3,(H,19,24). The largest absolute Gasteiger partial charge is 0.486 e. The summed E-state index contributed by atoms with van der Waals surface area (Å²) in [6.07, 6.45) is 1.62. The lowest BCUT2D eigenvalue weighted by atomic mass is 9.79. The van der Waals surface area contributed by atoms with Crippen molar-refractivity contribution in [1.29, 1.82) is 0 Å². The summed E-state index contributed by atoms with van der Waals surface area (Å²) in [5, 5.41) is 20.4. The minimum Gasteiger partial charge on any atom is -0.486 e. The van der Waals surface area contributed by atoms with Crippen LogP contribution in [0.15, 0.2) is 12.1 Å². The van der Waals surface area contributed by atoms with Crippen molar-refractivity contribution in [1.82, 2.24) is 20.1 Å². The zero-order chi connectivity index (χ0) is 18.3. The quantitative estimate of drug-likeness (QED) is 0.848. The number of carbonyl (C=O) groups is 1. The normalized spacial score (nSPS) is 21.2. The van der Waals surface area contributed by atoms with Crippen LogP contribution in [-0.2, 0) is 13.7 Å². The fourth-order valence-corrected chi connectivity index (χ4v) is 3.51. The van der Waals surface area contributed by atoms with Crippen LogP contribution in [0.25, 0.3) is 0 Å². The van der Waals surface area contributed by atoms with Gasteiger partial charge in [0, 0.05) is 24.6 Å². The molecule has 8 heteroatoms. The van der Waals surface area contributed by atoms with Gasteiger partial charge in [-0.25, -0.2) is 0 Å². The molecule has 1 aliphatic carbocycles. The van der Waals surface area contributed by atoms with Gasteiger partial charge in [0.15, 0.2) is 17.3 Å². The van der Waals surface area contributed by atoms with Crippen LogP contribution in [0.4, 0.5) is 0 Å². The van der Waals surface area contributed by atoms with E-state index in [1.54, 1.807) is 6.07 Å². The van der Waals surface area contributed by atoms with Crippen molar-refractivity contribution < 1.29 is 19.4 Å². The second kappa shape index (κ2) is 6.60. The molecular formula is C18H22N4O4. The Hall–Kier alpha value is -2.61. The lowest BCUT2D eigenvalue weighted by Gasteiger charge is -2.35. The third-order valence-electron chi connectivity index (χ3n) is 5.11. The first-order valence-electron chi connectivity index (χ1n) is 8.77. The van der Waals surface area contributed by atoms with E-state index in [9.17, 15) is 9.90 Å². The number of aryl methyl sites for hydroxylation is 1. The van der Waals surface area contributed by atoms with E-state index in [-0.39, 0.29) is 24.5 Å². The molecule has 4 rings (SSSR count). The number of amides is 1. The van der Waals surface area contributed by atoms with Gasteiger partial charge in [-0.2, -0.15) is 0 Å². The second-order valence-electron chi connectivity index (χ2n) is 6.84. The van der Waals surface area contributed by atoms with Crippen molar-refractivity contribution >= 4 is 5.91 Å². The first kappa shape index (κ1) is 16.8. The molecule has 2 N–H and O–H groups in total. The number of rotatable bonds is 4. The molecule has 2 heterocycles. The number of ether oxygens (including phenoxy) is 2. The molecule has 1 saturated carbocycles. The zero-order valence-corrected chi connectivity index (χ0v) is 14.9. The molecule has 1 aliphatic heterocycles. The van der Waals surface area contributed by atoms with Crippen LogP contribution in [0.3, 0.4) is 0 Å². The number of hydrogen-bond donors (Lipinski definition) is 2. The Labute approximate surface area is 151 Å². The number of fused-ring (bicyclic) bond motifs is 1. The highest BCUT2D eigenvalue weighted by Crippen LogP contribution is 2.37. The number of aromatic nitrogens is 3. The summed E-state index contributed by atoms with van der Waals surface area (Å²) in [6, 6.07) is 3.71. The van der Waals surface area contributed by atoms with E-state index >= 15 is 0 Å².